The van der Waals surface area contributed by atoms with Crippen molar-refractivity contribution >= 4 is 8.25 Å². The van der Waals surface area contributed by atoms with E-state index >= 15 is 0 Å². The van der Waals surface area contributed by atoms with Crippen molar-refractivity contribution in [2.45, 2.75) is 27.7 Å². The first-order valence-electron chi connectivity index (χ1n) is 4.10. The Kier molecular flexibility index (Phi) is 6.53. The van der Waals surface area contributed by atoms with Gasteiger partial charge in [0.05, 0.1) is 0 Å². The largest absolute Gasteiger partial charge is 0.805 e. The Labute approximate surface area is 85.4 Å². The molecule has 0 saturated carbocycles. The molecule has 0 aliphatic heterocycles. The van der Waals surface area contributed by atoms with Gasteiger partial charge in [0.25, 0.3) is 0 Å². The van der Waals surface area contributed by atoms with Gasteiger partial charge in [0.2, 0.25) is 0 Å². The van der Waals surface area contributed by atoms with Gasteiger partial charge in [-0.15, -0.1) is 0 Å². The van der Waals surface area contributed by atoms with E-state index in [0.29, 0.717) is 0 Å². The third-order valence-electron chi connectivity index (χ3n) is 0.973. The van der Waals surface area contributed by atoms with E-state index in [9.17, 15) is 4.57 Å². The first kappa shape index (κ1) is 12.7. The van der Waals surface area contributed by atoms with Crippen molar-refractivity contribution in [3.8, 4) is 0 Å². The van der Waals surface area contributed by atoms with Crippen molar-refractivity contribution in [3.05, 3.63) is 35.1 Å². The standard InChI is InChI=1S/C10H14O3P/c1-9(2)5-7-12-14(11)13-8-6-10(3)4/h7-8H,1-4H3/q+1. The van der Waals surface area contributed by atoms with Crippen molar-refractivity contribution in [1.29, 1.82) is 0 Å². The van der Waals surface area contributed by atoms with Gasteiger partial charge in [0, 0.05) is 4.57 Å². The maximum Gasteiger partial charge on any atom is 0.805 e. The molecule has 0 aromatic carbocycles. The van der Waals surface area contributed by atoms with Gasteiger partial charge in [0.1, 0.15) is 0 Å². The van der Waals surface area contributed by atoms with Gasteiger partial charge in [-0.25, -0.2) is 9.05 Å². The molecule has 3 nitrogen and oxygen atoms in total. The molecule has 0 amide bonds. The van der Waals surface area contributed by atoms with Gasteiger partial charge in [-0.05, 0) is 38.8 Å². The van der Waals surface area contributed by atoms with E-state index in [-0.39, 0.29) is 0 Å². The highest BCUT2D eigenvalue weighted by molar-refractivity contribution is 7.33. The van der Waals surface area contributed by atoms with Gasteiger partial charge in [-0.1, -0.05) is 11.5 Å². The third-order valence-corrected chi connectivity index (χ3v) is 1.53. The summed E-state index contributed by atoms with van der Waals surface area (Å²) >= 11 is 0. The molecule has 0 aliphatic rings. The summed E-state index contributed by atoms with van der Waals surface area (Å²) in [6, 6.07) is 0. The molecule has 0 N–H and O–H groups in total. The fraction of sp³-hybridized carbons (Fsp3) is 0.400. The summed E-state index contributed by atoms with van der Waals surface area (Å²) in [5.74, 6) is 0. The second kappa shape index (κ2) is 7.17. The monoisotopic (exact) mass is 213 g/mol. The van der Waals surface area contributed by atoms with E-state index in [2.05, 4.69) is 20.5 Å². The summed E-state index contributed by atoms with van der Waals surface area (Å²) < 4.78 is 20.3. The number of hydrogen-bond donors (Lipinski definition) is 0. The first-order valence-corrected chi connectivity index (χ1v) is 5.19. The highest BCUT2D eigenvalue weighted by Gasteiger charge is 2.16. The van der Waals surface area contributed by atoms with Gasteiger partial charge in [-0.2, -0.15) is 0 Å². The van der Waals surface area contributed by atoms with Crippen LogP contribution >= 0.6 is 8.25 Å². The van der Waals surface area contributed by atoms with E-state index in [0.717, 1.165) is 11.1 Å². The van der Waals surface area contributed by atoms with Gasteiger partial charge >= 0.3 is 8.25 Å². The van der Waals surface area contributed by atoms with E-state index in [1.807, 2.05) is 27.7 Å². The van der Waals surface area contributed by atoms with Crippen molar-refractivity contribution in [2.75, 3.05) is 0 Å². The molecular weight excluding hydrogens is 199 g/mol. The molecule has 0 atom stereocenters. The van der Waals surface area contributed by atoms with Crippen LogP contribution in [0, 0.1) is 0 Å². The first-order chi connectivity index (χ1) is 6.52. The molecule has 0 aromatic heterocycles. The SMILES string of the molecule is CC(C)=C=CO[P+](=O)OC=C=C(C)C. The van der Waals surface area contributed by atoms with Crippen molar-refractivity contribution in [1.82, 2.24) is 0 Å². The Balaban J connectivity index is 4.02. The normalized spacial score (nSPS) is 9.00. The number of hydrogen-bond acceptors (Lipinski definition) is 3. The molecule has 0 aliphatic carbocycles. The van der Waals surface area contributed by atoms with Crippen LogP contribution in [0.3, 0.4) is 0 Å². The Morgan fingerprint density at radius 3 is 1.64 bits per heavy atom. The lowest BCUT2D eigenvalue weighted by atomic mass is 10.4. The van der Waals surface area contributed by atoms with Gasteiger partial charge in [-0.3, -0.25) is 0 Å². The zero-order valence-electron chi connectivity index (χ0n) is 8.83. The minimum absolute atomic E-state index is 0.938. The minimum Gasteiger partial charge on any atom is -0.222 e. The fourth-order valence-electron chi connectivity index (χ4n) is 0.399. The number of allylic oxidation sites excluding steroid dienone is 2. The summed E-state index contributed by atoms with van der Waals surface area (Å²) in [6.07, 6.45) is 2.45. The molecule has 0 heterocycles. The summed E-state index contributed by atoms with van der Waals surface area (Å²) in [6.45, 7) is 7.43. The maximum absolute atomic E-state index is 10.9. The van der Waals surface area contributed by atoms with Crippen LogP contribution < -0.4 is 0 Å². The van der Waals surface area contributed by atoms with Crippen molar-refractivity contribution in [2.24, 2.45) is 0 Å². The third kappa shape index (κ3) is 8.83. The predicted molar refractivity (Wildman–Crippen MR) is 55.7 cm³/mol. The molecule has 0 unspecified atom stereocenters. The van der Waals surface area contributed by atoms with E-state index in [4.69, 9.17) is 0 Å². The fourth-order valence-corrected chi connectivity index (χ4v) is 0.727. The molecule has 14 heavy (non-hydrogen) atoms. The highest BCUT2D eigenvalue weighted by Crippen LogP contribution is 2.23. The molecule has 0 rings (SSSR count). The average molecular weight is 213 g/mol. The van der Waals surface area contributed by atoms with Crippen molar-refractivity contribution in [3.63, 3.8) is 0 Å². The van der Waals surface area contributed by atoms with Crippen LogP contribution in [0.4, 0.5) is 0 Å². The summed E-state index contributed by atoms with van der Waals surface area (Å²) in [4.78, 5) is 0. The average Bonchev–Trinajstić information content (AvgIpc) is 2.02. The maximum atomic E-state index is 10.9. The smallest absolute Gasteiger partial charge is 0.222 e. The molecule has 0 fully saturated rings. The van der Waals surface area contributed by atoms with Crippen LogP contribution in [0.5, 0.6) is 0 Å². The molecule has 4 heteroatoms. The lowest BCUT2D eigenvalue weighted by Crippen LogP contribution is -1.68. The lowest BCUT2D eigenvalue weighted by molar-refractivity contribution is 0.356. The molecule has 0 spiro atoms. The Bertz CT molecular complexity index is 289. The zero-order valence-corrected chi connectivity index (χ0v) is 9.72. The van der Waals surface area contributed by atoms with E-state index in [1.54, 1.807) is 0 Å². The van der Waals surface area contributed by atoms with Crippen molar-refractivity contribution < 1.29 is 13.6 Å². The van der Waals surface area contributed by atoms with E-state index < -0.39 is 8.25 Å². The predicted octanol–water partition coefficient (Wildman–Crippen LogP) is 3.83. The van der Waals surface area contributed by atoms with Gasteiger partial charge in [0.15, 0.2) is 12.5 Å². The Morgan fingerprint density at radius 1 is 1.00 bits per heavy atom. The quantitative estimate of drug-likeness (QED) is 0.404. The number of rotatable bonds is 4. The van der Waals surface area contributed by atoms with Crippen LogP contribution in [0.2, 0.25) is 0 Å². The second-order valence-corrected chi connectivity index (χ2v) is 3.83. The Hall–Kier alpha value is -1.26. The van der Waals surface area contributed by atoms with Crippen LogP contribution in [-0.4, -0.2) is 0 Å². The van der Waals surface area contributed by atoms with E-state index in [1.165, 1.54) is 12.5 Å². The minimum atomic E-state index is -2.15. The molecule has 0 bridgehead atoms. The summed E-state index contributed by atoms with van der Waals surface area (Å²) in [7, 11) is -2.15. The highest BCUT2D eigenvalue weighted by atomic mass is 31.1. The topological polar surface area (TPSA) is 35.5 Å². The summed E-state index contributed by atoms with van der Waals surface area (Å²) in [5.41, 5.74) is 7.36. The van der Waals surface area contributed by atoms with Crippen LogP contribution in [0.15, 0.2) is 35.1 Å². The lowest BCUT2D eigenvalue weighted by Gasteiger charge is -1.79. The van der Waals surface area contributed by atoms with Gasteiger partial charge < -0.3 is 0 Å². The molecule has 0 saturated heterocycles. The van der Waals surface area contributed by atoms with Crippen LogP contribution in [0.25, 0.3) is 0 Å². The Morgan fingerprint density at radius 2 is 1.36 bits per heavy atom. The second-order valence-electron chi connectivity index (χ2n) is 2.96. The van der Waals surface area contributed by atoms with Crippen LogP contribution in [0.1, 0.15) is 27.7 Å². The molecule has 0 aromatic rings. The molecular formula is C10H14O3P+. The molecule has 76 valence electrons. The molecule has 0 radical (unpaired) electrons. The van der Waals surface area contributed by atoms with Crippen LogP contribution in [-0.2, 0) is 13.6 Å². The zero-order chi connectivity index (χ0) is 11.0. The summed E-state index contributed by atoms with van der Waals surface area (Å²) in [5, 5.41) is 0.